The molecule has 0 saturated carbocycles. The summed E-state index contributed by atoms with van der Waals surface area (Å²) < 4.78 is 0. The molecule has 0 radical (unpaired) electrons. The van der Waals surface area contributed by atoms with Crippen LogP contribution in [0.2, 0.25) is 0 Å². The first-order chi connectivity index (χ1) is 10.8. The summed E-state index contributed by atoms with van der Waals surface area (Å²) in [6.45, 7) is 5.09. The van der Waals surface area contributed by atoms with E-state index < -0.39 is 0 Å². The van der Waals surface area contributed by atoms with Crippen LogP contribution in [0.5, 0.6) is 0 Å². The highest BCUT2D eigenvalue weighted by Crippen LogP contribution is 2.25. The third-order valence-electron chi connectivity index (χ3n) is 4.99. The van der Waals surface area contributed by atoms with Gasteiger partial charge in [-0.05, 0) is 51.2 Å². The molecule has 0 N–H and O–H groups in total. The summed E-state index contributed by atoms with van der Waals surface area (Å²) in [5.41, 5.74) is 0.790. The minimum Gasteiger partial charge on any atom is -0.356 e. The molecule has 0 aromatic carbocycles. The van der Waals surface area contributed by atoms with Crippen molar-refractivity contribution >= 4 is 11.7 Å². The summed E-state index contributed by atoms with van der Waals surface area (Å²) in [6.07, 6.45) is 10.3. The first-order valence-corrected chi connectivity index (χ1v) is 8.78. The van der Waals surface area contributed by atoms with Crippen LogP contribution in [0.3, 0.4) is 0 Å². The molecule has 1 unspecified atom stereocenters. The lowest BCUT2D eigenvalue weighted by atomic mass is 10.0. The van der Waals surface area contributed by atoms with Crippen LogP contribution in [0, 0.1) is 0 Å². The number of aromatic nitrogens is 1. The third kappa shape index (κ3) is 3.26. The van der Waals surface area contributed by atoms with Gasteiger partial charge in [-0.2, -0.15) is 0 Å². The number of hydrogen-bond acceptors (Lipinski definition) is 3. The molecule has 2 aliphatic rings. The third-order valence-corrected chi connectivity index (χ3v) is 4.99. The molecule has 1 aromatic heterocycles. The number of rotatable bonds is 2. The van der Waals surface area contributed by atoms with Crippen molar-refractivity contribution in [1.29, 1.82) is 0 Å². The lowest BCUT2D eigenvalue weighted by molar-refractivity contribution is 0.0636. The van der Waals surface area contributed by atoms with E-state index in [0.717, 1.165) is 43.9 Å². The van der Waals surface area contributed by atoms with Gasteiger partial charge in [0.15, 0.2) is 0 Å². The number of nitrogens with zero attached hydrogens (tertiary/aromatic N) is 3. The average molecular weight is 301 g/mol. The van der Waals surface area contributed by atoms with E-state index >= 15 is 0 Å². The van der Waals surface area contributed by atoms with Crippen molar-refractivity contribution in [3.63, 3.8) is 0 Å². The molecule has 3 rings (SSSR count). The monoisotopic (exact) mass is 301 g/mol. The van der Waals surface area contributed by atoms with Crippen LogP contribution >= 0.6 is 0 Å². The average Bonchev–Trinajstić information content (AvgIpc) is 2.84. The summed E-state index contributed by atoms with van der Waals surface area (Å²) in [5, 5.41) is 0. The zero-order valence-corrected chi connectivity index (χ0v) is 13.6. The second kappa shape index (κ2) is 7.12. The second-order valence-electron chi connectivity index (χ2n) is 6.62. The smallest absolute Gasteiger partial charge is 0.257 e. The van der Waals surface area contributed by atoms with Crippen molar-refractivity contribution < 1.29 is 4.79 Å². The quantitative estimate of drug-likeness (QED) is 0.839. The number of carbonyl (C=O) groups excluding carboxylic acids is 1. The van der Waals surface area contributed by atoms with Crippen LogP contribution in [0.25, 0.3) is 0 Å². The Morgan fingerprint density at radius 2 is 1.82 bits per heavy atom. The largest absolute Gasteiger partial charge is 0.356 e. The predicted octanol–water partition coefficient (Wildman–Crippen LogP) is 3.48. The highest BCUT2D eigenvalue weighted by molar-refractivity contribution is 5.99. The summed E-state index contributed by atoms with van der Waals surface area (Å²) in [6, 6.07) is 4.19. The van der Waals surface area contributed by atoms with Crippen molar-refractivity contribution in [2.45, 2.75) is 57.9 Å². The van der Waals surface area contributed by atoms with Crippen molar-refractivity contribution in [3.05, 3.63) is 23.9 Å². The first-order valence-electron chi connectivity index (χ1n) is 8.78. The highest BCUT2D eigenvalue weighted by Gasteiger charge is 2.27. The summed E-state index contributed by atoms with van der Waals surface area (Å²) in [4.78, 5) is 21.9. The molecule has 2 saturated heterocycles. The Kier molecular flexibility index (Phi) is 4.96. The summed E-state index contributed by atoms with van der Waals surface area (Å²) >= 11 is 0. The number of likely N-dealkylation sites (tertiary alicyclic amines) is 1. The predicted molar refractivity (Wildman–Crippen MR) is 89.3 cm³/mol. The molecule has 3 heterocycles. The molecule has 4 nitrogen and oxygen atoms in total. The topological polar surface area (TPSA) is 36.4 Å². The van der Waals surface area contributed by atoms with E-state index in [9.17, 15) is 4.79 Å². The van der Waals surface area contributed by atoms with Crippen LogP contribution < -0.4 is 4.90 Å². The van der Waals surface area contributed by atoms with E-state index in [-0.39, 0.29) is 5.91 Å². The molecule has 2 aliphatic heterocycles. The second-order valence-corrected chi connectivity index (χ2v) is 6.62. The number of amides is 1. The van der Waals surface area contributed by atoms with Crippen LogP contribution in [-0.2, 0) is 0 Å². The van der Waals surface area contributed by atoms with Gasteiger partial charge in [0.05, 0.1) is 5.56 Å². The van der Waals surface area contributed by atoms with Gasteiger partial charge in [0, 0.05) is 31.9 Å². The lowest BCUT2D eigenvalue weighted by Gasteiger charge is -2.34. The highest BCUT2D eigenvalue weighted by atomic mass is 16.2. The Morgan fingerprint density at radius 3 is 2.55 bits per heavy atom. The summed E-state index contributed by atoms with van der Waals surface area (Å²) in [5.74, 6) is 1.06. The number of carbonyl (C=O) groups is 1. The maximum absolute atomic E-state index is 13.0. The van der Waals surface area contributed by atoms with Gasteiger partial charge in [0.2, 0.25) is 0 Å². The fraction of sp³-hybridized carbons (Fsp3) is 0.667. The Hall–Kier alpha value is -1.58. The number of anilines is 1. The van der Waals surface area contributed by atoms with Crippen LogP contribution in [0.15, 0.2) is 18.3 Å². The molecule has 2 fully saturated rings. The first kappa shape index (κ1) is 15.3. The normalized spacial score (nSPS) is 23.2. The van der Waals surface area contributed by atoms with Gasteiger partial charge in [-0.3, -0.25) is 4.79 Å². The maximum atomic E-state index is 13.0. The molecule has 22 heavy (non-hydrogen) atoms. The molecule has 0 bridgehead atoms. The van der Waals surface area contributed by atoms with Gasteiger partial charge >= 0.3 is 0 Å². The Bertz CT molecular complexity index is 509. The van der Waals surface area contributed by atoms with E-state index in [1.54, 1.807) is 0 Å². The number of pyridine rings is 1. The molecule has 1 atom stereocenters. The van der Waals surface area contributed by atoms with E-state index in [2.05, 4.69) is 16.8 Å². The maximum Gasteiger partial charge on any atom is 0.257 e. The van der Waals surface area contributed by atoms with E-state index in [1.807, 2.05) is 23.2 Å². The molecule has 0 spiro atoms. The molecule has 1 aromatic rings. The SMILES string of the molecule is CC1CCCCN1C(=O)c1cccnc1N1CCCCCC1. The molecule has 1 amide bonds. The van der Waals surface area contributed by atoms with Crippen LogP contribution in [-0.4, -0.2) is 41.5 Å². The van der Waals surface area contributed by atoms with Crippen LogP contribution in [0.4, 0.5) is 5.82 Å². The fourth-order valence-electron chi connectivity index (χ4n) is 3.65. The Labute approximate surface area is 133 Å². The number of piperidine rings is 1. The van der Waals surface area contributed by atoms with Crippen LogP contribution in [0.1, 0.15) is 62.2 Å². The standard InChI is InChI=1S/C18H27N3O/c1-15-9-4-7-14-21(15)18(22)16-10-8-11-19-17(16)20-12-5-2-3-6-13-20/h8,10-11,15H,2-7,9,12-14H2,1H3. The van der Waals surface area contributed by atoms with Crippen molar-refractivity contribution in [3.8, 4) is 0 Å². The van der Waals surface area contributed by atoms with E-state index in [1.165, 1.54) is 32.1 Å². The van der Waals surface area contributed by atoms with Gasteiger partial charge in [0.25, 0.3) is 5.91 Å². The molecular weight excluding hydrogens is 274 g/mol. The Balaban J connectivity index is 1.85. The Morgan fingerprint density at radius 1 is 1.09 bits per heavy atom. The number of hydrogen-bond donors (Lipinski definition) is 0. The molecule has 120 valence electrons. The minimum absolute atomic E-state index is 0.166. The van der Waals surface area contributed by atoms with Gasteiger partial charge in [-0.1, -0.05) is 12.8 Å². The van der Waals surface area contributed by atoms with Gasteiger partial charge in [0.1, 0.15) is 5.82 Å². The minimum atomic E-state index is 0.166. The molecule has 0 aliphatic carbocycles. The van der Waals surface area contributed by atoms with Crippen molar-refractivity contribution in [1.82, 2.24) is 9.88 Å². The van der Waals surface area contributed by atoms with E-state index in [0.29, 0.717) is 6.04 Å². The van der Waals surface area contributed by atoms with E-state index in [4.69, 9.17) is 0 Å². The van der Waals surface area contributed by atoms with Gasteiger partial charge < -0.3 is 9.80 Å². The zero-order chi connectivity index (χ0) is 15.4. The van der Waals surface area contributed by atoms with Crippen molar-refractivity contribution in [2.75, 3.05) is 24.5 Å². The molecular formula is C18H27N3O. The lowest BCUT2D eigenvalue weighted by Crippen LogP contribution is -2.42. The molecule has 4 heteroatoms. The van der Waals surface area contributed by atoms with Gasteiger partial charge in [-0.25, -0.2) is 4.98 Å². The fourth-order valence-corrected chi connectivity index (χ4v) is 3.65. The zero-order valence-electron chi connectivity index (χ0n) is 13.6. The van der Waals surface area contributed by atoms with Crippen molar-refractivity contribution in [2.24, 2.45) is 0 Å². The van der Waals surface area contributed by atoms with Gasteiger partial charge in [-0.15, -0.1) is 0 Å². The summed E-state index contributed by atoms with van der Waals surface area (Å²) in [7, 11) is 0.